The van der Waals surface area contributed by atoms with Crippen molar-refractivity contribution in [2.75, 3.05) is 5.73 Å². The topological polar surface area (TPSA) is 52.0 Å². The van der Waals surface area contributed by atoms with Gasteiger partial charge >= 0.3 is 0 Å². The number of anilines is 1. The van der Waals surface area contributed by atoms with Gasteiger partial charge in [0.25, 0.3) is 0 Å². The number of rotatable bonds is 2. The Hall–Kier alpha value is -1.29. The number of hydrogen-bond donors (Lipinski definition) is 1. The lowest BCUT2D eigenvalue weighted by molar-refractivity contribution is 0.424. The van der Waals surface area contributed by atoms with Gasteiger partial charge in [-0.15, -0.1) is 11.3 Å². The largest absolute Gasteiger partial charge is 0.367 e. The van der Waals surface area contributed by atoms with Gasteiger partial charge in [-0.3, -0.25) is 0 Å². The summed E-state index contributed by atoms with van der Waals surface area (Å²) in [4.78, 5) is 1.15. The third kappa shape index (κ3) is 1.37. The van der Waals surface area contributed by atoms with Crippen molar-refractivity contribution in [1.82, 2.24) is 5.16 Å². The molecule has 1 unspecified atom stereocenters. The third-order valence-electron chi connectivity index (χ3n) is 3.36. The van der Waals surface area contributed by atoms with Crippen LogP contribution in [0.2, 0.25) is 0 Å². The highest BCUT2D eigenvalue weighted by atomic mass is 32.1. The highest BCUT2D eigenvalue weighted by molar-refractivity contribution is 7.13. The molecule has 16 heavy (non-hydrogen) atoms. The van der Waals surface area contributed by atoms with Gasteiger partial charge in [-0.05, 0) is 23.3 Å². The molecule has 1 atom stereocenters. The highest BCUT2D eigenvalue weighted by Crippen LogP contribution is 2.60. The van der Waals surface area contributed by atoms with E-state index < -0.39 is 0 Å². The second-order valence-corrected chi connectivity index (χ2v) is 5.98. The Kier molecular flexibility index (Phi) is 1.92. The molecule has 1 aliphatic rings. The Bertz CT molecular complexity index is 513. The molecule has 2 heterocycles. The molecule has 1 aliphatic carbocycles. The lowest BCUT2D eigenvalue weighted by atomic mass is 10.0. The summed E-state index contributed by atoms with van der Waals surface area (Å²) in [6, 6.07) is 4.08. The van der Waals surface area contributed by atoms with Gasteiger partial charge in [0.15, 0.2) is 0 Å². The van der Waals surface area contributed by atoms with Crippen LogP contribution in [0.5, 0.6) is 0 Å². The Labute approximate surface area is 98.3 Å². The molecule has 1 saturated carbocycles. The van der Waals surface area contributed by atoms with E-state index in [4.69, 9.17) is 10.3 Å². The van der Waals surface area contributed by atoms with Gasteiger partial charge < -0.3 is 10.3 Å². The van der Waals surface area contributed by atoms with Crippen molar-refractivity contribution in [2.24, 2.45) is 5.41 Å². The van der Waals surface area contributed by atoms with E-state index in [-0.39, 0.29) is 0 Å². The van der Waals surface area contributed by atoms with Crippen LogP contribution in [0, 0.1) is 5.41 Å². The van der Waals surface area contributed by atoms with Crippen LogP contribution in [-0.2, 0) is 0 Å². The van der Waals surface area contributed by atoms with Crippen molar-refractivity contribution >= 4 is 17.2 Å². The van der Waals surface area contributed by atoms with Gasteiger partial charge in [0.05, 0.1) is 11.3 Å². The molecule has 0 aromatic carbocycles. The summed E-state index contributed by atoms with van der Waals surface area (Å²) in [5.41, 5.74) is 8.24. The number of nitrogen functional groups attached to an aromatic ring is 1. The Balaban J connectivity index is 2.08. The van der Waals surface area contributed by atoms with E-state index in [1.165, 1.54) is 0 Å². The monoisotopic (exact) mass is 234 g/mol. The first-order valence-corrected chi connectivity index (χ1v) is 6.26. The first kappa shape index (κ1) is 9.90. The van der Waals surface area contributed by atoms with Crippen molar-refractivity contribution in [1.29, 1.82) is 0 Å². The summed E-state index contributed by atoms with van der Waals surface area (Å²) in [5.74, 6) is 0.936. The summed E-state index contributed by atoms with van der Waals surface area (Å²) in [6.07, 6.45) is 1.16. The summed E-state index contributed by atoms with van der Waals surface area (Å²) < 4.78 is 5.15. The van der Waals surface area contributed by atoms with Gasteiger partial charge in [0, 0.05) is 10.8 Å². The maximum Gasteiger partial charge on any atom is 0.231 e. The van der Waals surface area contributed by atoms with Crippen molar-refractivity contribution in [3.63, 3.8) is 0 Å². The van der Waals surface area contributed by atoms with Crippen LogP contribution in [0.3, 0.4) is 0 Å². The molecule has 4 heteroatoms. The molecule has 2 aromatic heterocycles. The molecule has 0 aliphatic heterocycles. The minimum absolute atomic E-state index is 0.343. The lowest BCUT2D eigenvalue weighted by Crippen LogP contribution is -1.92. The zero-order chi connectivity index (χ0) is 11.3. The van der Waals surface area contributed by atoms with Crippen molar-refractivity contribution in [2.45, 2.75) is 26.2 Å². The van der Waals surface area contributed by atoms with E-state index in [1.807, 2.05) is 11.4 Å². The molecular formula is C12H14N2OS. The number of aromatic nitrogens is 1. The number of hydrogen-bond acceptors (Lipinski definition) is 4. The average molecular weight is 234 g/mol. The van der Waals surface area contributed by atoms with E-state index in [9.17, 15) is 0 Å². The SMILES string of the molecule is CC1(C)CC1c1noc(N)c1-c1cccs1. The maximum atomic E-state index is 5.86. The van der Waals surface area contributed by atoms with Crippen LogP contribution in [0.25, 0.3) is 10.4 Å². The van der Waals surface area contributed by atoms with Crippen LogP contribution < -0.4 is 5.73 Å². The van der Waals surface area contributed by atoms with Crippen molar-refractivity contribution in [3.8, 4) is 10.4 Å². The number of thiophene rings is 1. The minimum Gasteiger partial charge on any atom is -0.367 e. The average Bonchev–Trinajstić information content (AvgIpc) is 2.67. The smallest absolute Gasteiger partial charge is 0.231 e. The van der Waals surface area contributed by atoms with Gasteiger partial charge in [-0.25, -0.2) is 0 Å². The number of nitrogens with two attached hydrogens (primary N) is 1. The molecule has 84 valence electrons. The first-order chi connectivity index (χ1) is 7.59. The van der Waals surface area contributed by atoms with Crippen LogP contribution >= 0.6 is 11.3 Å². The fraction of sp³-hybridized carbons (Fsp3) is 0.417. The number of nitrogens with zero attached hydrogens (tertiary/aromatic N) is 1. The highest BCUT2D eigenvalue weighted by Gasteiger charge is 2.50. The van der Waals surface area contributed by atoms with Gasteiger partial charge in [0.1, 0.15) is 0 Å². The molecule has 0 amide bonds. The Morgan fingerprint density at radius 1 is 1.56 bits per heavy atom. The summed E-state index contributed by atoms with van der Waals surface area (Å²) in [7, 11) is 0. The van der Waals surface area contributed by atoms with Gasteiger partial charge in [0.2, 0.25) is 5.88 Å². The normalized spacial score (nSPS) is 22.2. The Morgan fingerprint density at radius 3 is 2.88 bits per heavy atom. The molecule has 0 bridgehead atoms. The lowest BCUT2D eigenvalue weighted by Gasteiger charge is -2.01. The maximum absolute atomic E-state index is 5.86. The molecule has 1 fully saturated rings. The summed E-state index contributed by atoms with van der Waals surface area (Å²) in [5, 5.41) is 6.18. The quantitative estimate of drug-likeness (QED) is 0.865. The fourth-order valence-corrected chi connectivity index (χ4v) is 2.94. The van der Waals surface area contributed by atoms with Gasteiger partial charge in [-0.2, -0.15) is 0 Å². The van der Waals surface area contributed by atoms with E-state index in [2.05, 4.69) is 25.1 Å². The fourth-order valence-electron chi connectivity index (χ4n) is 2.16. The van der Waals surface area contributed by atoms with Crippen LogP contribution in [-0.4, -0.2) is 5.16 Å². The van der Waals surface area contributed by atoms with Crippen LogP contribution in [0.1, 0.15) is 31.9 Å². The van der Waals surface area contributed by atoms with Crippen molar-refractivity contribution in [3.05, 3.63) is 23.2 Å². The third-order valence-corrected chi connectivity index (χ3v) is 4.24. The first-order valence-electron chi connectivity index (χ1n) is 5.38. The zero-order valence-electron chi connectivity index (χ0n) is 9.36. The molecule has 3 nitrogen and oxygen atoms in total. The molecule has 2 N–H and O–H groups in total. The molecule has 0 spiro atoms. The van der Waals surface area contributed by atoms with Crippen LogP contribution in [0.4, 0.5) is 5.88 Å². The minimum atomic E-state index is 0.343. The van der Waals surface area contributed by atoms with E-state index in [0.717, 1.165) is 22.6 Å². The molecule has 0 radical (unpaired) electrons. The zero-order valence-corrected chi connectivity index (χ0v) is 10.2. The summed E-state index contributed by atoms with van der Waals surface area (Å²) in [6.45, 7) is 4.50. The Morgan fingerprint density at radius 2 is 2.31 bits per heavy atom. The van der Waals surface area contributed by atoms with E-state index in [0.29, 0.717) is 17.2 Å². The van der Waals surface area contributed by atoms with E-state index in [1.54, 1.807) is 11.3 Å². The molecular weight excluding hydrogens is 220 g/mol. The summed E-state index contributed by atoms with van der Waals surface area (Å²) >= 11 is 1.67. The standard InChI is InChI=1S/C12H14N2OS/c1-12(2)6-7(12)10-9(11(13)15-14-10)8-4-3-5-16-8/h3-5,7H,6,13H2,1-2H3. The predicted octanol–water partition coefficient (Wildman–Crippen LogP) is 3.50. The second-order valence-electron chi connectivity index (χ2n) is 5.03. The predicted molar refractivity (Wildman–Crippen MR) is 65.4 cm³/mol. The molecule has 3 rings (SSSR count). The molecule has 2 aromatic rings. The second kappa shape index (κ2) is 3.10. The van der Waals surface area contributed by atoms with Crippen LogP contribution in [0.15, 0.2) is 22.0 Å². The van der Waals surface area contributed by atoms with E-state index >= 15 is 0 Å². The van der Waals surface area contributed by atoms with Crippen molar-refractivity contribution < 1.29 is 4.52 Å². The van der Waals surface area contributed by atoms with Gasteiger partial charge in [-0.1, -0.05) is 25.1 Å². The molecule has 0 saturated heterocycles.